The number of amides is 1. The number of anilines is 1. The number of nitrogen functional groups attached to an aromatic ring is 1. The van der Waals surface area contributed by atoms with E-state index in [0.29, 0.717) is 27.9 Å². The molecule has 2 unspecified atom stereocenters. The summed E-state index contributed by atoms with van der Waals surface area (Å²) in [5.41, 5.74) is 6.39. The highest BCUT2D eigenvalue weighted by molar-refractivity contribution is 7.17. The van der Waals surface area contributed by atoms with Crippen LogP contribution in [0, 0.1) is 18.8 Å². The minimum Gasteiger partial charge on any atom is -0.375 e. The fourth-order valence-corrected chi connectivity index (χ4v) is 3.74. The highest BCUT2D eigenvalue weighted by Gasteiger charge is 2.29. The Hall–Kier alpha value is -1.10. The number of thiazole rings is 1. The van der Waals surface area contributed by atoms with E-state index in [-0.39, 0.29) is 5.91 Å². The molecule has 19 heavy (non-hydrogen) atoms. The predicted octanol–water partition coefficient (Wildman–Crippen LogP) is 2.98. The van der Waals surface area contributed by atoms with Crippen molar-refractivity contribution < 1.29 is 4.79 Å². The van der Waals surface area contributed by atoms with Crippen LogP contribution in [0.1, 0.15) is 54.9 Å². The molecule has 0 aliphatic heterocycles. The van der Waals surface area contributed by atoms with Gasteiger partial charge in [0, 0.05) is 6.04 Å². The first kappa shape index (κ1) is 14.3. The summed E-state index contributed by atoms with van der Waals surface area (Å²) in [6.07, 6.45) is 4.79. The van der Waals surface area contributed by atoms with Crippen molar-refractivity contribution in [1.82, 2.24) is 10.3 Å². The van der Waals surface area contributed by atoms with Gasteiger partial charge >= 0.3 is 0 Å². The summed E-state index contributed by atoms with van der Waals surface area (Å²) >= 11 is 1.28. The maximum Gasteiger partial charge on any atom is 0.263 e. The first-order valence-electron chi connectivity index (χ1n) is 7.02. The molecular formula is C14H23N3OS. The van der Waals surface area contributed by atoms with Crippen molar-refractivity contribution in [3.8, 4) is 0 Å². The second-order valence-corrected chi connectivity index (χ2v) is 6.77. The lowest BCUT2D eigenvalue weighted by Gasteiger charge is -2.34. The maximum atomic E-state index is 12.3. The largest absolute Gasteiger partial charge is 0.375 e. The predicted molar refractivity (Wildman–Crippen MR) is 79.3 cm³/mol. The number of hydrogen-bond acceptors (Lipinski definition) is 4. The van der Waals surface area contributed by atoms with Gasteiger partial charge in [-0.05, 0) is 31.6 Å². The lowest BCUT2D eigenvalue weighted by atomic mass is 9.78. The molecule has 2 atom stereocenters. The van der Waals surface area contributed by atoms with E-state index >= 15 is 0 Å². The monoisotopic (exact) mass is 281 g/mol. The minimum atomic E-state index is -0.00995. The normalized spacial score (nSPS) is 23.6. The Balaban J connectivity index is 2.07. The summed E-state index contributed by atoms with van der Waals surface area (Å²) in [4.78, 5) is 17.1. The average Bonchev–Trinajstić information content (AvgIpc) is 2.69. The summed E-state index contributed by atoms with van der Waals surface area (Å²) in [6, 6.07) is 0.295. The van der Waals surface area contributed by atoms with E-state index in [9.17, 15) is 4.79 Å². The Kier molecular flexibility index (Phi) is 4.45. The van der Waals surface area contributed by atoms with E-state index in [1.165, 1.54) is 30.6 Å². The molecule has 0 aromatic carbocycles. The lowest BCUT2D eigenvalue weighted by molar-refractivity contribution is 0.0892. The molecule has 0 bridgehead atoms. The highest BCUT2D eigenvalue weighted by Crippen LogP contribution is 2.30. The van der Waals surface area contributed by atoms with E-state index < -0.39 is 0 Å². The second-order valence-electron chi connectivity index (χ2n) is 5.74. The van der Waals surface area contributed by atoms with Crippen LogP contribution in [0.4, 0.5) is 5.13 Å². The maximum absolute atomic E-state index is 12.3. The van der Waals surface area contributed by atoms with Crippen molar-refractivity contribution >= 4 is 22.4 Å². The third kappa shape index (κ3) is 3.26. The molecule has 3 N–H and O–H groups in total. The summed E-state index contributed by atoms with van der Waals surface area (Å²) in [7, 11) is 0. The van der Waals surface area contributed by atoms with Crippen LogP contribution in [0.25, 0.3) is 0 Å². The number of hydrogen-bond donors (Lipinski definition) is 2. The number of nitrogens with one attached hydrogen (secondary N) is 1. The molecule has 106 valence electrons. The SMILES string of the molecule is Cc1nc(N)sc1C(=O)NC1CCCCC1C(C)C. The molecule has 5 heteroatoms. The van der Waals surface area contributed by atoms with Crippen LogP contribution in [-0.4, -0.2) is 16.9 Å². The van der Waals surface area contributed by atoms with Crippen LogP contribution in [0.3, 0.4) is 0 Å². The van der Waals surface area contributed by atoms with Gasteiger partial charge < -0.3 is 11.1 Å². The van der Waals surface area contributed by atoms with Gasteiger partial charge in [-0.1, -0.05) is 38.0 Å². The zero-order valence-electron chi connectivity index (χ0n) is 11.9. The van der Waals surface area contributed by atoms with Gasteiger partial charge in [-0.2, -0.15) is 0 Å². The fraction of sp³-hybridized carbons (Fsp3) is 0.714. The van der Waals surface area contributed by atoms with Crippen molar-refractivity contribution in [1.29, 1.82) is 0 Å². The van der Waals surface area contributed by atoms with Crippen LogP contribution in [-0.2, 0) is 0 Å². The van der Waals surface area contributed by atoms with Gasteiger partial charge in [0.2, 0.25) is 0 Å². The van der Waals surface area contributed by atoms with Gasteiger partial charge in [0.25, 0.3) is 5.91 Å². The molecule has 1 saturated carbocycles. The molecule has 1 aromatic heterocycles. The minimum absolute atomic E-state index is 0.00995. The van der Waals surface area contributed by atoms with Crippen molar-refractivity contribution in [2.24, 2.45) is 11.8 Å². The van der Waals surface area contributed by atoms with Crippen LogP contribution in [0.15, 0.2) is 0 Å². The second kappa shape index (κ2) is 5.90. The van der Waals surface area contributed by atoms with Crippen LogP contribution in [0.2, 0.25) is 0 Å². The Labute approximate surface area is 118 Å². The van der Waals surface area contributed by atoms with Crippen LogP contribution in [0.5, 0.6) is 0 Å². The van der Waals surface area contributed by atoms with Gasteiger partial charge in [-0.15, -0.1) is 0 Å². The Morgan fingerprint density at radius 1 is 1.42 bits per heavy atom. The number of rotatable bonds is 3. The average molecular weight is 281 g/mol. The molecule has 4 nitrogen and oxygen atoms in total. The highest BCUT2D eigenvalue weighted by atomic mass is 32.1. The fourth-order valence-electron chi connectivity index (χ4n) is 3.00. The number of carbonyl (C=O) groups is 1. The summed E-state index contributed by atoms with van der Waals surface area (Å²) in [5.74, 6) is 1.19. The molecule has 1 heterocycles. The number of nitrogens with zero attached hydrogens (tertiary/aromatic N) is 1. The van der Waals surface area contributed by atoms with Crippen LogP contribution >= 0.6 is 11.3 Å². The van der Waals surface area contributed by atoms with E-state index in [4.69, 9.17) is 5.73 Å². The number of carbonyl (C=O) groups excluding carboxylic acids is 1. The summed E-state index contributed by atoms with van der Waals surface area (Å²) < 4.78 is 0. The van der Waals surface area contributed by atoms with E-state index in [2.05, 4.69) is 24.1 Å². The van der Waals surface area contributed by atoms with E-state index in [0.717, 1.165) is 12.1 Å². The molecule has 1 aromatic rings. The van der Waals surface area contributed by atoms with Crippen molar-refractivity contribution in [2.45, 2.75) is 52.5 Å². The van der Waals surface area contributed by atoms with Gasteiger partial charge in [0.1, 0.15) is 4.88 Å². The van der Waals surface area contributed by atoms with E-state index in [1.54, 1.807) is 0 Å². The molecule has 0 spiro atoms. The molecule has 2 rings (SSSR count). The lowest BCUT2D eigenvalue weighted by Crippen LogP contribution is -2.43. The molecule has 1 amide bonds. The third-order valence-electron chi connectivity index (χ3n) is 4.01. The van der Waals surface area contributed by atoms with Crippen molar-refractivity contribution in [2.75, 3.05) is 5.73 Å². The van der Waals surface area contributed by atoms with Gasteiger partial charge in [0.15, 0.2) is 5.13 Å². The molecule has 1 aliphatic rings. The molecule has 0 saturated heterocycles. The quantitative estimate of drug-likeness (QED) is 0.895. The summed E-state index contributed by atoms with van der Waals surface area (Å²) in [5, 5.41) is 3.66. The van der Waals surface area contributed by atoms with Crippen molar-refractivity contribution in [3.63, 3.8) is 0 Å². The molecule has 1 fully saturated rings. The Bertz CT molecular complexity index is 456. The van der Waals surface area contributed by atoms with Gasteiger partial charge in [0.05, 0.1) is 5.69 Å². The van der Waals surface area contributed by atoms with Crippen molar-refractivity contribution in [3.05, 3.63) is 10.6 Å². The number of aryl methyl sites for hydroxylation is 1. The molecule has 1 aliphatic carbocycles. The van der Waals surface area contributed by atoms with Gasteiger partial charge in [-0.3, -0.25) is 4.79 Å². The molecular weight excluding hydrogens is 258 g/mol. The summed E-state index contributed by atoms with van der Waals surface area (Å²) in [6.45, 7) is 6.32. The number of aromatic nitrogens is 1. The topological polar surface area (TPSA) is 68.0 Å². The standard InChI is InChI=1S/C14H23N3OS/c1-8(2)10-6-4-5-7-11(10)17-13(18)12-9(3)16-14(15)19-12/h8,10-11H,4-7H2,1-3H3,(H2,15,16)(H,17,18). The Morgan fingerprint density at radius 2 is 2.11 bits per heavy atom. The third-order valence-corrected chi connectivity index (χ3v) is 5.00. The Morgan fingerprint density at radius 3 is 2.68 bits per heavy atom. The molecule has 0 radical (unpaired) electrons. The van der Waals surface area contributed by atoms with Gasteiger partial charge in [-0.25, -0.2) is 4.98 Å². The first-order valence-corrected chi connectivity index (χ1v) is 7.84. The van der Waals surface area contributed by atoms with Crippen LogP contribution < -0.4 is 11.1 Å². The number of nitrogens with two attached hydrogens (primary N) is 1. The smallest absolute Gasteiger partial charge is 0.263 e. The first-order chi connectivity index (χ1) is 8.99. The van der Waals surface area contributed by atoms with E-state index in [1.807, 2.05) is 6.92 Å². The zero-order valence-corrected chi connectivity index (χ0v) is 12.7. The zero-order chi connectivity index (χ0) is 14.0.